The molecular formula is C10H17N3O. The molecule has 2 aliphatic rings. The third-order valence-electron chi connectivity index (χ3n) is 2.85. The number of carbonyl (C=O) groups is 1. The van der Waals surface area contributed by atoms with Gasteiger partial charge in [0.25, 0.3) is 5.91 Å². The lowest BCUT2D eigenvalue weighted by atomic mass is 9.77. The first-order valence-corrected chi connectivity index (χ1v) is 5.26. The van der Waals surface area contributed by atoms with Gasteiger partial charge in [-0.3, -0.25) is 15.1 Å². The fraction of sp³-hybridized carbons (Fsp3) is 0.800. The highest BCUT2D eigenvalue weighted by molar-refractivity contribution is 6.09. The summed E-state index contributed by atoms with van der Waals surface area (Å²) in [5.74, 6) is 1.30. The minimum absolute atomic E-state index is 0.103. The van der Waals surface area contributed by atoms with E-state index in [0.717, 1.165) is 25.8 Å². The molecule has 0 aromatic heterocycles. The van der Waals surface area contributed by atoms with Gasteiger partial charge in [-0.1, -0.05) is 13.8 Å². The third kappa shape index (κ3) is 1.49. The molecule has 2 rings (SSSR count). The van der Waals surface area contributed by atoms with E-state index in [9.17, 15) is 4.79 Å². The van der Waals surface area contributed by atoms with E-state index in [1.165, 1.54) is 0 Å². The Kier molecular flexibility index (Phi) is 2.21. The van der Waals surface area contributed by atoms with Crippen molar-refractivity contribution >= 4 is 11.9 Å². The summed E-state index contributed by atoms with van der Waals surface area (Å²) >= 11 is 0. The van der Waals surface area contributed by atoms with Gasteiger partial charge in [-0.15, -0.1) is 0 Å². The normalized spacial score (nSPS) is 26.5. The van der Waals surface area contributed by atoms with Crippen LogP contribution in [0, 0.1) is 5.92 Å². The lowest BCUT2D eigenvalue weighted by Gasteiger charge is -2.34. The summed E-state index contributed by atoms with van der Waals surface area (Å²) < 4.78 is 0. The number of hydrogen-bond donors (Lipinski definition) is 2. The zero-order valence-electron chi connectivity index (χ0n) is 8.76. The Morgan fingerprint density at radius 3 is 2.64 bits per heavy atom. The van der Waals surface area contributed by atoms with E-state index in [0.29, 0.717) is 11.9 Å². The molecule has 0 aromatic rings. The van der Waals surface area contributed by atoms with Crippen molar-refractivity contribution in [3.63, 3.8) is 0 Å². The van der Waals surface area contributed by atoms with Crippen LogP contribution in [-0.4, -0.2) is 24.0 Å². The lowest BCUT2D eigenvalue weighted by molar-refractivity contribution is -0.126. The highest BCUT2D eigenvalue weighted by atomic mass is 16.2. The minimum atomic E-state index is -0.296. The van der Waals surface area contributed by atoms with Crippen molar-refractivity contribution in [3.8, 4) is 0 Å². The molecule has 1 spiro atoms. The molecule has 0 aromatic carbocycles. The summed E-state index contributed by atoms with van der Waals surface area (Å²) in [4.78, 5) is 15.9. The number of carbonyl (C=O) groups excluding carboxylic acids is 1. The highest BCUT2D eigenvalue weighted by Crippen LogP contribution is 2.33. The maximum atomic E-state index is 11.6. The van der Waals surface area contributed by atoms with Crippen LogP contribution >= 0.6 is 0 Å². The molecule has 4 nitrogen and oxygen atoms in total. The zero-order valence-corrected chi connectivity index (χ0v) is 8.76. The van der Waals surface area contributed by atoms with Crippen LogP contribution in [0.2, 0.25) is 0 Å². The third-order valence-corrected chi connectivity index (χ3v) is 2.85. The second-order valence-corrected chi connectivity index (χ2v) is 4.60. The van der Waals surface area contributed by atoms with Crippen molar-refractivity contribution in [1.29, 1.82) is 0 Å². The van der Waals surface area contributed by atoms with Gasteiger partial charge >= 0.3 is 0 Å². The molecule has 2 N–H and O–H groups in total. The van der Waals surface area contributed by atoms with Crippen LogP contribution in [0.4, 0.5) is 0 Å². The largest absolute Gasteiger partial charge is 0.342 e. The number of nitrogens with one attached hydrogen (secondary N) is 2. The Bertz CT molecular complexity index is 279. The van der Waals surface area contributed by atoms with E-state index in [1.54, 1.807) is 0 Å². The lowest BCUT2D eigenvalue weighted by Crippen LogP contribution is -2.52. The molecule has 1 aliphatic carbocycles. The second-order valence-electron chi connectivity index (χ2n) is 4.60. The summed E-state index contributed by atoms with van der Waals surface area (Å²) in [6, 6.07) is 0. The zero-order chi connectivity index (χ0) is 10.2. The number of guanidine groups is 1. The molecule has 2 fully saturated rings. The average molecular weight is 195 g/mol. The summed E-state index contributed by atoms with van der Waals surface area (Å²) in [5.41, 5.74) is -0.296. The van der Waals surface area contributed by atoms with Crippen LogP contribution in [0.15, 0.2) is 4.99 Å². The highest BCUT2D eigenvalue weighted by Gasteiger charge is 2.49. The molecule has 0 radical (unpaired) electrons. The SMILES string of the molecule is CC(C)CN=C1NC(=O)C2(CCC2)N1. The first kappa shape index (κ1) is 9.49. The molecule has 78 valence electrons. The van der Waals surface area contributed by atoms with Gasteiger partial charge in [-0.25, -0.2) is 0 Å². The van der Waals surface area contributed by atoms with Gasteiger partial charge in [0.05, 0.1) is 0 Å². The number of rotatable bonds is 2. The van der Waals surface area contributed by atoms with E-state index in [-0.39, 0.29) is 11.4 Å². The molecule has 4 heteroatoms. The predicted octanol–water partition coefficient (Wildman–Crippen LogP) is 0.640. The molecule has 0 atom stereocenters. The van der Waals surface area contributed by atoms with Crippen molar-refractivity contribution in [2.45, 2.75) is 38.6 Å². The number of nitrogens with zero attached hydrogens (tertiary/aromatic N) is 1. The van der Waals surface area contributed by atoms with Gasteiger partial charge in [0.2, 0.25) is 0 Å². The molecule has 1 heterocycles. The molecule has 14 heavy (non-hydrogen) atoms. The molecule has 1 saturated carbocycles. The molecule has 0 unspecified atom stereocenters. The maximum Gasteiger partial charge on any atom is 0.252 e. The van der Waals surface area contributed by atoms with E-state index in [2.05, 4.69) is 29.5 Å². The van der Waals surface area contributed by atoms with Crippen molar-refractivity contribution in [2.24, 2.45) is 10.9 Å². The van der Waals surface area contributed by atoms with Crippen molar-refractivity contribution in [3.05, 3.63) is 0 Å². The van der Waals surface area contributed by atoms with E-state index in [4.69, 9.17) is 0 Å². The van der Waals surface area contributed by atoms with Gasteiger partial charge in [0.1, 0.15) is 5.54 Å². The topological polar surface area (TPSA) is 53.5 Å². The van der Waals surface area contributed by atoms with Crippen LogP contribution in [0.5, 0.6) is 0 Å². The smallest absolute Gasteiger partial charge is 0.252 e. The van der Waals surface area contributed by atoms with Crippen LogP contribution < -0.4 is 10.6 Å². The summed E-state index contributed by atoms with van der Waals surface area (Å²) in [7, 11) is 0. The summed E-state index contributed by atoms with van der Waals surface area (Å²) in [6.45, 7) is 4.98. The van der Waals surface area contributed by atoms with Gasteiger partial charge in [-0.2, -0.15) is 0 Å². The fourth-order valence-electron chi connectivity index (χ4n) is 1.78. The Morgan fingerprint density at radius 2 is 2.21 bits per heavy atom. The minimum Gasteiger partial charge on any atom is -0.342 e. The standard InChI is InChI=1S/C10H17N3O/c1-7(2)6-11-9-12-8(14)10(13-9)4-3-5-10/h7H,3-6H2,1-2H3,(H2,11,12,13,14). The first-order valence-electron chi connectivity index (χ1n) is 5.26. The molecule has 1 amide bonds. The monoisotopic (exact) mass is 195 g/mol. The van der Waals surface area contributed by atoms with Gasteiger partial charge in [-0.05, 0) is 25.2 Å². The molecule has 1 aliphatic heterocycles. The number of hydrogen-bond acceptors (Lipinski definition) is 2. The first-order chi connectivity index (χ1) is 6.62. The number of amides is 1. The summed E-state index contributed by atoms with van der Waals surface area (Å²) in [5, 5.41) is 6.00. The Balaban J connectivity index is 1.99. The Morgan fingerprint density at radius 1 is 1.50 bits per heavy atom. The van der Waals surface area contributed by atoms with Gasteiger partial charge < -0.3 is 5.32 Å². The Labute approximate surface area is 84.2 Å². The predicted molar refractivity (Wildman–Crippen MR) is 55.0 cm³/mol. The number of aliphatic imine (C=N–C) groups is 1. The van der Waals surface area contributed by atoms with Crippen molar-refractivity contribution < 1.29 is 4.79 Å². The van der Waals surface area contributed by atoms with Crippen LogP contribution in [0.3, 0.4) is 0 Å². The van der Waals surface area contributed by atoms with Gasteiger partial charge in [0, 0.05) is 6.54 Å². The van der Waals surface area contributed by atoms with Crippen molar-refractivity contribution in [2.75, 3.05) is 6.54 Å². The van der Waals surface area contributed by atoms with E-state index >= 15 is 0 Å². The van der Waals surface area contributed by atoms with Crippen molar-refractivity contribution in [1.82, 2.24) is 10.6 Å². The van der Waals surface area contributed by atoms with Crippen LogP contribution in [0.1, 0.15) is 33.1 Å². The van der Waals surface area contributed by atoms with Crippen LogP contribution in [0.25, 0.3) is 0 Å². The maximum absolute atomic E-state index is 11.6. The van der Waals surface area contributed by atoms with E-state index < -0.39 is 0 Å². The Hall–Kier alpha value is -1.06. The molecular weight excluding hydrogens is 178 g/mol. The quantitative estimate of drug-likeness (QED) is 0.679. The van der Waals surface area contributed by atoms with E-state index in [1.807, 2.05) is 0 Å². The van der Waals surface area contributed by atoms with Crippen LogP contribution in [-0.2, 0) is 4.79 Å². The van der Waals surface area contributed by atoms with Gasteiger partial charge in [0.15, 0.2) is 5.96 Å². The molecule has 1 saturated heterocycles. The fourth-order valence-corrected chi connectivity index (χ4v) is 1.78. The molecule has 0 bridgehead atoms. The summed E-state index contributed by atoms with van der Waals surface area (Å²) in [6.07, 6.45) is 3.02. The average Bonchev–Trinajstić information content (AvgIpc) is 2.38. The second kappa shape index (κ2) is 3.26.